The van der Waals surface area contributed by atoms with Crippen LogP contribution in [0.2, 0.25) is 4.34 Å². The summed E-state index contributed by atoms with van der Waals surface area (Å²) in [5.41, 5.74) is 7.93. The summed E-state index contributed by atoms with van der Waals surface area (Å²) in [6, 6.07) is 12.5. The van der Waals surface area contributed by atoms with Gasteiger partial charge in [0, 0.05) is 17.8 Å². The van der Waals surface area contributed by atoms with Gasteiger partial charge in [-0.25, -0.2) is 0 Å². The molecule has 0 radical (unpaired) electrons. The van der Waals surface area contributed by atoms with Crippen molar-refractivity contribution in [3.63, 3.8) is 0 Å². The Kier molecular flexibility index (Phi) is 3.41. The Labute approximate surface area is 98.5 Å². The third-order valence-corrected chi connectivity index (χ3v) is 3.69. The van der Waals surface area contributed by atoms with Gasteiger partial charge in [0.2, 0.25) is 0 Å². The normalized spacial score (nSPS) is 10.5. The summed E-state index contributed by atoms with van der Waals surface area (Å²) >= 11 is 7.67. The number of thiophene rings is 1. The first kappa shape index (κ1) is 10.7. The van der Waals surface area contributed by atoms with Crippen molar-refractivity contribution in [2.24, 2.45) is 5.73 Å². The molecule has 0 bridgehead atoms. The number of nitrogens with two attached hydrogens (primary N) is 1. The lowest BCUT2D eigenvalue weighted by Gasteiger charge is -1.96. The molecular formula is C12H12ClNS. The molecule has 0 amide bonds. The third kappa shape index (κ3) is 2.59. The Bertz CT molecular complexity index is 436. The molecule has 0 atom stereocenters. The van der Waals surface area contributed by atoms with Crippen molar-refractivity contribution in [2.45, 2.75) is 13.0 Å². The van der Waals surface area contributed by atoms with Crippen molar-refractivity contribution >= 4 is 22.9 Å². The van der Waals surface area contributed by atoms with Gasteiger partial charge in [-0.1, -0.05) is 41.9 Å². The summed E-state index contributed by atoms with van der Waals surface area (Å²) in [4.78, 5) is 1.27. The second kappa shape index (κ2) is 4.79. The molecule has 0 aliphatic rings. The van der Waals surface area contributed by atoms with E-state index in [9.17, 15) is 0 Å². The Balaban J connectivity index is 2.18. The summed E-state index contributed by atoms with van der Waals surface area (Å²) in [5, 5.41) is 0. The van der Waals surface area contributed by atoms with Crippen LogP contribution in [0.25, 0.3) is 0 Å². The first-order valence-corrected chi connectivity index (χ1v) is 6.00. The molecule has 1 aromatic carbocycles. The molecule has 3 heteroatoms. The fourth-order valence-electron chi connectivity index (χ4n) is 1.48. The Hall–Kier alpha value is -0.830. The van der Waals surface area contributed by atoms with Crippen LogP contribution in [0.1, 0.15) is 16.0 Å². The largest absolute Gasteiger partial charge is 0.326 e. The van der Waals surface area contributed by atoms with Crippen LogP contribution in [0.5, 0.6) is 0 Å². The minimum atomic E-state index is 0.518. The van der Waals surface area contributed by atoms with Crippen LogP contribution in [0.4, 0.5) is 0 Å². The number of benzene rings is 1. The topological polar surface area (TPSA) is 26.0 Å². The van der Waals surface area contributed by atoms with Crippen molar-refractivity contribution in [2.75, 3.05) is 0 Å². The van der Waals surface area contributed by atoms with Crippen molar-refractivity contribution < 1.29 is 0 Å². The second-order valence-corrected chi connectivity index (χ2v) is 5.12. The molecule has 2 rings (SSSR count). The molecule has 1 heterocycles. The molecule has 2 N–H and O–H groups in total. The Morgan fingerprint density at radius 1 is 1.20 bits per heavy atom. The third-order valence-electron chi connectivity index (χ3n) is 2.25. The predicted molar refractivity (Wildman–Crippen MR) is 66.5 cm³/mol. The van der Waals surface area contributed by atoms with Crippen molar-refractivity contribution in [3.8, 4) is 0 Å². The summed E-state index contributed by atoms with van der Waals surface area (Å²) < 4.78 is 0.823. The predicted octanol–water partition coefficient (Wildman–Crippen LogP) is 3.45. The van der Waals surface area contributed by atoms with Gasteiger partial charge in [-0.05, 0) is 17.2 Å². The first-order valence-electron chi connectivity index (χ1n) is 4.80. The van der Waals surface area contributed by atoms with Crippen LogP contribution in [0, 0.1) is 0 Å². The van der Waals surface area contributed by atoms with Crippen LogP contribution in [-0.2, 0) is 13.0 Å². The van der Waals surface area contributed by atoms with Crippen molar-refractivity contribution in [1.29, 1.82) is 0 Å². The molecule has 0 unspecified atom stereocenters. The summed E-state index contributed by atoms with van der Waals surface area (Å²) in [7, 11) is 0. The van der Waals surface area contributed by atoms with Crippen molar-refractivity contribution in [1.82, 2.24) is 0 Å². The van der Waals surface area contributed by atoms with E-state index in [2.05, 4.69) is 18.2 Å². The van der Waals surface area contributed by atoms with Crippen LogP contribution in [-0.4, -0.2) is 0 Å². The van der Waals surface area contributed by atoms with Crippen LogP contribution in [0.15, 0.2) is 36.4 Å². The van der Waals surface area contributed by atoms with E-state index in [0.717, 1.165) is 16.3 Å². The monoisotopic (exact) mass is 237 g/mol. The van der Waals surface area contributed by atoms with Gasteiger partial charge in [-0.2, -0.15) is 0 Å². The lowest BCUT2D eigenvalue weighted by Crippen LogP contribution is -1.94. The van der Waals surface area contributed by atoms with Gasteiger partial charge < -0.3 is 5.73 Å². The molecule has 0 saturated heterocycles. The zero-order valence-electron chi connectivity index (χ0n) is 8.24. The Morgan fingerprint density at radius 3 is 2.53 bits per heavy atom. The zero-order chi connectivity index (χ0) is 10.7. The molecule has 0 aliphatic heterocycles. The molecule has 0 aliphatic carbocycles. The number of hydrogen-bond donors (Lipinski definition) is 1. The highest BCUT2D eigenvalue weighted by molar-refractivity contribution is 7.16. The van der Waals surface area contributed by atoms with E-state index in [1.807, 2.05) is 18.2 Å². The van der Waals surface area contributed by atoms with Gasteiger partial charge in [0.15, 0.2) is 0 Å². The molecule has 0 spiro atoms. The highest BCUT2D eigenvalue weighted by atomic mass is 35.5. The van der Waals surface area contributed by atoms with Gasteiger partial charge in [0.05, 0.1) is 4.34 Å². The maximum absolute atomic E-state index is 6.05. The minimum Gasteiger partial charge on any atom is -0.326 e. The smallest absolute Gasteiger partial charge is 0.0976 e. The highest BCUT2D eigenvalue weighted by Crippen LogP contribution is 2.28. The number of rotatable bonds is 3. The van der Waals surface area contributed by atoms with E-state index < -0.39 is 0 Å². The molecule has 15 heavy (non-hydrogen) atoms. The van der Waals surface area contributed by atoms with Crippen LogP contribution in [0.3, 0.4) is 0 Å². The lowest BCUT2D eigenvalue weighted by atomic mass is 10.1. The fourth-order valence-corrected chi connectivity index (χ4v) is 2.86. The van der Waals surface area contributed by atoms with E-state index >= 15 is 0 Å². The second-order valence-electron chi connectivity index (χ2n) is 3.38. The summed E-state index contributed by atoms with van der Waals surface area (Å²) in [6.07, 6.45) is 0.936. The van der Waals surface area contributed by atoms with Gasteiger partial charge in [0.25, 0.3) is 0 Å². The lowest BCUT2D eigenvalue weighted by molar-refractivity contribution is 1.08. The molecule has 0 fully saturated rings. The SMILES string of the molecule is NCc1cc(Cc2ccccc2)sc1Cl. The van der Waals surface area contributed by atoms with Crippen LogP contribution < -0.4 is 5.73 Å². The average Bonchev–Trinajstić information content (AvgIpc) is 2.60. The van der Waals surface area contributed by atoms with E-state index in [-0.39, 0.29) is 0 Å². The summed E-state index contributed by atoms with van der Waals surface area (Å²) in [6.45, 7) is 0.518. The number of hydrogen-bond acceptors (Lipinski definition) is 2. The summed E-state index contributed by atoms with van der Waals surface area (Å²) in [5.74, 6) is 0. The van der Waals surface area contributed by atoms with Gasteiger partial charge in [-0.15, -0.1) is 11.3 Å². The highest BCUT2D eigenvalue weighted by Gasteiger charge is 2.05. The van der Waals surface area contributed by atoms with E-state index in [1.165, 1.54) is 10.4 Å². The quantitative estimate of drug-likeness (QED) is 0.870. The zero-order valence-corrected chi connectivity index (χ0v) is 9.81. The molecule has 1 aromatic heterocycles. The Morgan fingerprint density at radius 2 is 1.93 bits per heavy atom. The van der Waals surface area contributed by atoms with Crippen molar-refractivity contribution in [3.05, 3.63) is 56.7 Å². The van der Waals surface area contributed by atoms with Gasteiger partial charge in [0.1, 0.15) is 0 Å². The van der Waals surface area contributed by atoms with Crippen LogP contribution >= 0.6 is 22.9 Å². The molecule has 2 aromatic rings. The maximum atomic E-state index is 6.05. The van der Waals surface area contributed by atoms with Gasteiger partial charge >= 0.3 is 0 Å². The van der Waals surface area contributed by atoms with E-state index in [0.29, 0.717) is 6.54 Å². The van der Waals surface area contributed by atoms with Gasteiger partial charge in [-0.3, -0.25) is 0 Å². The molecular weight excluding hydrogens is 226 g/mol. The average molecular weight is 238 g/mol. The van der Waals surface area contributed by atoms with E-state index in [4.69, 9.17) is 17.3 Å². The number of halogens is 1. The van der Waals surface area contributed by atoms with E-state index in [1.54, 1.807) is 11.3 Å². The minimum absolute atomic E-state index is 0.518. The molecule has 78 valence electrons. The fraction of sp³-hybridized carbons (Fsp3) is 0.167. The standard InChI is InChI=1S/C12H12ClNS/c13-12-10(8-14)7-11(15-12)6-9-4-2-1-3-5-9/h1-5,7H,6,8,14H2. The molecule has 1 nitrogen and oxygen atoms in total. The molecule has 0 saturated carbocycles. The first-order chi connectivity index (χ1) is 7.29. The maximum Gasteiger partial charge on any atom is 0.0976 e.